The van der Waals surface area contributed by atoms with Crippen molar-refractivity contribution in [3.8, 4) is 5.00 Å². The van der Waals surface area contributed by atoms with E-state index in [9.17, 15) is 14.4 Å². The summed E-state index contributed by atoms with van der Waals surface area (Å²) in [4.78, 5) is 42.4. The fourth-order valence-electron chi connectivity index (χ4n) is 5.60. The molecule has 9 heteroatoms. The fourth-order valence-corrected chi connectivity index (χ4v) is 7.37. The lowest BCUT2D eigenvalue weighted by Crippen LogP contribution is -2.54. The van der Waals surface area contributed by atoms with Crippen molar-refractivity contribution in [2.24, 2.45) is 0 Å². The Morgan fingerprint density at radius 1 is 1.15 bits per heavy atom. The van der Waals surface area contributed by atoms with E-state index in [0.29, 0.717) is 23.8 Å². The molecule has 41 heavy (non-hydrogen) atoms. The number of anilines is 1. The first kappa shape index (κ1) is 29.0. The monoisotopic (exact) mass is 589 g/mol. The van der Waals surface area contributed by atoms with Gasteiger partial charge in [0.1, 0.15) is 10.6 Å². The number of benzene rings is 1. The number of thiocarbonyl (C=S) groups is 1. The number of hydrogen-bond acceptors (Lipinski definition) is 6. The van der Waals surface area contributed by atoms with Crippen molar-refractivity contribution in [3.63, 3.8) is 0 Å². The minimum absolute atomic E-state index is 0.000873. The average Bonchev–Trinajstić information content (AvgIpc) is 3.46. The van der Waals surface area contributed by atoms with Crippen molar-refractivity contribution in [2.45, 2.75) is 72.6 Å². The summed E-state index contributed by atoms with van der Waals surface area (Å²) in [5, 5.41) is 3.57. The Kier molecular flexibility index (Phi) is 8.29. The van der Waals surface area contributed by atoms with Crippen molar-refractivity contribution >= 4 is 58.2 Å². The number of nitrogens with zero attached hydrogens (tertiary/aromatic N) is 2. The molecule has 7 nitrogen and oxygen atoms in total. The summed E-state index contributed by atoms with van der Waals surface area (Å²) in [5.41, 5.74) is 5.96. The quantitative estimate of drug-likeness (QED) is 0.146. The molecule has 0 saturated carbocycles. The zero-order valence-corrected chi connectivity index (χ0v) is 25.8. The minimum atomic E-state index is -0.531. The summed E-state index contributed by atoms with van der Waals surface area (Å²) in [6, 6.07) is 9.65. The predicted octanol–water partition coefficient (Wildman–Crippen LogP) is 6.56. The van der Waals surface area contributed by atoms with Gasteiger partial charge in [-0.05, 0) is 112 Å². The molecule has 1 atom stereocenters. The van der Waals surface area contributed by atoms with Crippen molar-refractivity contribution in [3.05, 3.63) is 74.4 Å². The molecule has 0 bridgehead atoms. The molecular formula is C32H35N3O4S2. The fraction of sp³-hybridized carbons (Fsp3) is 0.375. The number of hydrogen-bond donors (Lipinski definition) is 1. The van der Waals surface area contributed by atoms with Crippen LogP contribution in [0.1, 0.15) is 89.3 Å². The summed E-state index contributed by atoms with van der Waals surface area (Å²) < 4.78 is 7.51. The predicted molar refractivity (Wildman–Crippen MR) is 167 cm³/mol. The molecule has 1 aliphatic carbocycles. The van der Waals surface area contributed by atoms with E-state index < -0.39 is 11.8 Å². The molecule has 0 spiro atoms. The van der Waals surface area contributed by atoms with E-state index in [0.717, 1.165) is 59.6 Å². The SMILES string of the molecule is CCOC(=O)c1c(-n2c(C)cc(/C=C3\C(=O)NC(=S)N(c4ccc(C(C)CC)cc4)C3=O)c2C)sc2c1CCCC2. The van der Waals surface area contributed by atoms with Crippen molar-refractivity contribution in [1.82, 2.24) is 9.88 Å². The Morgan fingerprint density at radius 3 is 2.54 bits per heavy atom. The van der Waals surface area contributed by atoms with Gasteiger partial charge in [0, 0.05) is 16.3 Å². The van der Waals surface area contributed by atoms with Crippen molar-refractivity contribution < 1.29 is 19.1 Å². The molecule has 3 aromatic rings. The van der Waals surface area contributed by atoms with Crippen LogP contribution in [0.2, 0.25) is 0 Å². The zero-order chi connectivity index (χ0) is 29.4. The first-order valence-corrected chi connectivity index (χ1v) is 15.4. The first-order chi connectivity index (χ1) is 19.7. The van der Waals surface area contributed by atoms with Crippen LogP contribution in [0.15, 0.2) is 35.9 Å². The number of rotatable bonds is 7. The Balaban J connectivity index is 1.54. The minimum Gasteiger partial charge on any atom is -0.462 e. The van der Waals surface area contributed by atoms with Crippen LogP contribution in [-0.2, 0) is 27.2 Å². The molecule has 3 heterocycles. The molecule has 0 radical (unpaired) electrons. The number of aromatic nitrogens is 1. The molecule has 1 saturated heterocycles. The van der Waals surface area contributed by atoms with Crippen molar-refractivity contribution in [2.75, 3.05) is 11.5 Å². The van der Waals surface area contributed by atoms with Gasteiger partial charge in [0.05, 0.1) is 17.9 Å². The van der Waals surface area contributed by atoms with Gasteiger partial charge < -0.3 is 9.30 Å². The van der Waals surface area contributed by atoms with E-state index in [1.165, 1.54) is 15.3 Å². The number of carbonyl (C=O) groups excluding carboxylic acids is 3. The molecule has 1 fully saturated rings. The summed E-state index contributed by atoms with van der Waals surface area (Å²) >= 11 is 7.04. The normalized spacial score (nSPS) is 17.0. The van der Waals surface area contributed by atoms with Gasteiger partial charge in [0.15, 0.2) is 5.11 Å². The molecule has 2 aromatic heterocycles. The van der Waals surface area contributed by atoms with E-state index in [2.05, 4.69) is 19.2 Å². The van der Waals surface area contributed by atoms with Gasteiger partial charge in [-0.25, -0.2) is 4.79 Å². The van der Waals surface area contributed by atoms with Crippen LogP contribution in [0.25, 0.3) is 11.1 Å². The highest BCUT2D eigenvalue weighted by atomic mass is 32.1. The molecule has 1 aliphatic heterocycles. The highest BCUT2D eigenvalue weighted by Crippen LogP contribution is 2.39. The first-order valence-electron chi connectivity index (χ1n) is 14.2. The summed E-state index contributed by atoms with van der Waals surface area (Å²) in [5.74, 6) is -0.911. The number of aryl methyl sites for hydroxylation is 2. The third kappa shape index (κ3) is 5.28. The topological polar surface area (TPSA) is 80.6 Å². The number of fused-ring (bicyclic) bond motifs is 1. The smallest absolute Gasteiger partial charge is 0.341 e. The lowest BCUT2D eigenvalue weighted by Gasteiger charge is -2.29. The van der Waals surface area contributed by atoms with Crippen molar-refractivity contribution in [1.29, 1.82) is 0 Å². The number of carbonyl (C=O) groups is 3. The van der Waals surface area contributed by atoms with Gasteiger partial charge >= 0.3 is 5.97 Å². The summed E-state index contributed by atoms with van der Waals surface area (Å²) in [6.45, 7) is 10.3. The van der Waals surface area contributed by atoms with Crippen LogP contribution in [0.3, 0.4) is 0 Å². The highest BCUT2D eigenvalue weighted by Gasteiger charge is 2.35. The van der Waals surface area contributed by atoms with Crippen LogP contribution in [-0.4, -0.2) is 34.1 Å². The largest absolute Gasteiger partial charge is 0.462 e. The van der Waals surface area contributed by atoms with Crippen LogP contribution in [0.5, 0.6) is 0 Å². The lowest BCUT2D eigenvalue weighted by molar-refractivity contribution is -0.122. The second kappa shape index (κ2) is 11.7. The molecule has 2 aliphatic rings. The van der Waals surface area contributed by atoms with Gasteiger partial charge in [-0.2, -0.15) is 0 Å². The standard InChI is InChI=1S/C32H35N3O4S2/c1-6-18(3)21-12-14-23(15-13-21)35-29(37)25(28(36)33-32(35)40)17-22-16-19(4)34(20(22)5)30-27(31(38)39-7-2)24-10-8-9-11-26(24)41-30/h12-18H,6-11H2,1-5H3,(H,33,36,40)/b25-17+. The number of nitrogens with one attached hydrogen (secondary N) is 1. The molecular weight excluding hydrogens is 555 g/mol. The molecule has 5 rings (SSSR count). The molecule has 1 unspecified atom stereocenters. The summed E-state index contributed by atoms with van der Waals surface area (Å²) in [6.07, 6.45) is 6.59. The van der Waals surface area contributed by atoms with Crippen LogP contribution < -0.4 is 10.2 Å². The van der Waals surface area contributed by atoms with Gasteiger partial charge in [-0.15, -0.1) is 11.3 Å². The second-order valence-electron chi connectivity index (χ2n) is 10.6. The maximum atomic E-state index is 13.7. The Morgan fingerprint density at radius 2 is 1.85 bits per heavy atom. The third-order valence-electron chi connectivity index (χ3n) is 8.04. The van der Waals surface area contributed by atoms with Crippen LogP contribution in [0, 0.1) is 13.8 Å². The third-order valence-corrected chi connectivity index (χ3v) is 9.60. The Labute approximate surface area is 250 Å². The summed E-state index contributed by atoms with van der Waals surface area (Å²) in [7, 11) is 0. The maximum absolute atomic E-state index is 13.7. The van der Waals surface area contributed by atoms with E-state index in [-0.39, 0.29) is 16.7 Å². The van der Waals surface area contributed by atoms with Crippen LogP contribution >= 0.6 is 23.6 Å². The number of esters is 1. The van der Waals surface area contributed by atoms with E-state index in [1.54, 1.807) is 17.4 Å². The van der Waals surface area contributed by atoms with Gasteiger partial charge in [-0.3, -0.25) is 19.8 Å². The maximum Gasteiger partial charge on any atom is 0.341 e. The number of amides is 2. The number of thiophene rings is 1. The van der Waals surface area contributed by atoms with Gasteiger partial charge in [-0.1, -0.05) is 26.0 Å². The van der Waals surface area contributed by atoms with E-state index >= 15 is 0 Å². The number of ether oxygens (including phenoxy) is 1. The highest BCUT2D eigenvalue weighted by molar-refractivity contribution is 7.80. The zero-order valence-electron chi connectivity index (χ0n) is 24.1. The average molecular weight is 590 g/mol. The Hall–Kier alpha value is -3.56. The van der Waals surface area contributed by atoms with Gasteiger partial charge in [0.2, 0.25) is 0 Å². The van der Waals surface area contributed by atoms with Crippen LogP contribution in [0.4, 0.5) is 5.69 Å². The molecule has 1 aromatic carbocycles. The second-order valence-corrected chi connectivity index (χ2v) is 12.1. The van der Waals surface area contributed by atoms with Gasteiger partial charge in [0.25, 0.3) is 11.8 Å². The van der Waals surface area contributed by atoms with E-state index in [4.69, 9.17) is 17.0 Å². The van der Waals surface area contributed by atoms with E-state index in [1.807, 2.05) is 55.7 Å². The molecule has 214 valence electrons. The molecule has 2 amide bonds. The lowest BCUT2D eigenvalue weighted by atomic mass is 9.95. The molecule has 1 N–H and O–H groups in total. The Bertz CT molecular complexity index is 1580.